The largest absolute Gasteiger partial charge is 0.308 e. The SMILES string of the molecule is [C-]#[N+]c1ccc(-c2ccc3c(c2)c2cc(-c4ccc(C#N)cc4[N+]#[C-])ccc2n3-c2c(-c3cc(-c4ccccc4)nc(-c4ccccc4)n3)cc(C#N)cc2-c2nc(-c3ccccc3)cc(-c3ccccc3)n2)c(C#N)c1. The Morgan fingerprint density at radius 3 is 1.39 bits per heavy atom. The molecule has 0 aliphatic heterocycles. The van der Waals surface area contributed by atoms with Crippen molar-refractivity contribution >= 4 is 33.2 Å². The van der Waals surface area contributed by atoms with Crippen LogP contribution in [-0.2, 0) is 0 Å². The van der Waals surface area contributed by atoms with Crippen LogP contribution in [0.15, 0.2) is 218 Å². The van der Waals surface area contributed by atoms with E-state index in [2.05, 4.69) is 44.6 Å². The molecule has 9 aromatic carbocycles. The van der Waals surface area contributed by atoms with Gasteiger partial charge in [0.05, 0.1) is 76.4 Å². The van der Waals surface area contributed by atoms with Crippen molar-refractivity contribution in [1.82, 2.24) is 24.5 Å². The minimum atomic E-state index is 0.333. The third-order valence-corrected chi connectivity index (χ3v) is 13.6. The Morgan fingerprint density at radius 2 is 0.857 bits per heavy atom. The monoisotopic (exact) mass is 980 g/mol. The molecule has 0 saturated heterocycles. The summed E-state index contributed by atoms with van der Waals surface area (Å²) in [4.78, 5) is 28.7. The highest BCUT2D eigenvalue weighted by molar-refractivity contribution is 6.13. The molecule has 10 nitrogen and oxygen atoms in total. The first-order valence-electron chi connectivity index (χ1n) is 24.4. The zero-order valence-electron chi connectivity index (χ0n) is 40.8. The summed E-state index contributed by atoms with van der Waals surface area (Å²) >= 11 is 0. The molecule has 0 unspecified atom stereocenters. The second kappa shape index (κ2) is 19.8. The van der Waals surface area contributed by atoms with E-state index in [1.807, 2.05) is 170 Å². The Bertz CT molecular complexity index is 4160. The van der Waals surface area contributed by atoms with E-state index in [4.69, 9.17) is 33.1 Å². The molecular formula is C67H36N10. The average molecular weight is 981 g/mol. The molecule has 3 heterocycles. The number of hydrogen-bond acceptors (Lipinski definition) is 7. The first-order chi connectivity index (χ1) is 37.9. The molecule has 0 aliphatic rings. The zero-order chi connectivity index (χ0) is 52.4. The summed E-state index contributed by atoms with van der Waals surface area (Å²) < 4.78 is 2.17. The fourth-order valence-corrected chi connectivity index (χ4v) is 9.93. The van der Waals surface area contributed by atoms with Gasteiger partial charge in [0, 0.05) is 55.3 Å². The van der Waals surface area contributed by atoms with Gasteiger partial charge in [-0.05, 0) is 89.0 Å². The number of rotatable bonds is 9. The second-order valence-corrected chi connectivity index (χ2v) is 18.1. The molecule has 77 heavy (non-hydrogen) atoms. The van der Waals surface area contributed by atoms with Gasteiger partial charge in [0.15, 0.2) is 23.0 Å². The van der Waals surface area contributed by atoms with Gasteiger partial charge in [-0.1, -0.05) is 152 Å². The highest BCUT2D eigenvalue weighted by atomic mass is 15.0. The maximum absolute atomic E-state index is 11.1. The third kappa shape index (κ3) is 8.63. The van der Waals surface area contributed by atoms with Gasteiger partial charge in [-0.2, -0.15) is 15.8 Å². The van der Waals surface area contributed by atoms with Gasteiger partial charge in [-0.25, -0.2) is 29.6 Å². The van der Waals surface area contributed by atoms with Crippen molar-refractivity contribution < 1.29 is 0 Å². The van der Waals surface area contributed by atoms with E-state index < -0.39 is 0 Å². The van der Waals surface area contributed by atoms with Crippen LogP contribution >= 0.6 is 0 Å². The van der Waals surface area contributed by atoms with Gasteiger partial charge >= 0.3 is 0 Å². The van der Waals surface area contributed by atoms with Crippen LogP contribution in [0, 0.1) is 47.1 Å². The van der Waals surface area contributed by atoms with Crippen LogP contribution < -0.4 is 0 Å². The summed E-state index contributed by atoms with van der Waals surface area (Å²) in [6.07, 6.45) is 0. The number of hydrogen-bond donors (Lipinski definition) is 0. The van der Waals surface area contributed by atoms with Crippen LogP contribution in [0.3, 0.4) is 0 Å². The minimum absolute atomic E-state index is 0.333. The summed E-state index contributed by atoms with van der Waals surface area (Å²) in [7, 11) is 0. The lowest BCUT2D eigenvalue weighted by Gasteiger charge is -2.20. The molecule has 12 rings (SSSR count). The van der Waals surface area contributed by atoms with E-state index in [1.54, 1.807) is 36.4 Å². The molecule has 354 valence electrons. The average Bonchev–Trinajstić information content (AvgIpc) is 3.83. The Hall–Kier alpha value is -11.6. The fourth-order valence-electron chi connectivity index (χ4n) is 9.93. The molecule has 0 radical (unpaired) electrons. The molecule has 0 aliphatic carbocycles. The number of benzene rings is 9. The highest BCUT2D eigenvalue weighted by Gasteiger charge is 2.26. The Morgan fingerprint density at radius 1 is 0.364 bits per heavy atom. The van der Waals surface area contributed by atoms with Crippen LogP contribution in [0.2, 0.25) is 0 Å². The molecule has 10 heteroatoms. The molecule has 0 bridgehead atoms. The Labute approximate surface area is 443 Å². The summed E-state index contributed by atoms with van der Waals surface area (Å²) in [6.45, 7) is 15.8. The van der Waals surface area contributed by atoms with Crippen molar-refractivity contribution in [3.05, 3.63) is 258 Å². The molecule has 0 atom stereocenters. The number of aromatic nitrogens is 5. The smallest absolute Gasteiger partial charge is 0.196 e. The molecule has 0 N–H and O–H groups in total. The Kier molecular flexibility index (Phi) is 11.9. The quantitative estimate of drug-likeness (QED) is 0.131. The lowest BCUT2D eigenvalue weighted by Crippen LogP contribution is -2.06. The van der Waals surface area contributed by atoms with Crippen molar-refractivity contribution in [3.8, 4) is 114 Å². The van der Waals surface area contributed by atoms with Crippen molar-refractivity contribution in [2.24, 2.45) is 0 Å². The van der Waals surface area contributed by atoms with Gasteiger partial charge in [0.2, 0.25) is 0 Å². The number of nitriles is 3. The number of fused-ring (bicyclic) bond motifs is 3. The van der Waals surface area contributed by atoms with E-state index in [9.17, 15) is 15.8 Å². The summed E-state index contributed by atoms with van der Waals surface area (Å²) in [5, 5.41) is 32.9. The van der Waals surface area contributed by atoms with Crippen LogP contribution in [0.25, 0.3) is 127 Å². The summed E-state index contributed by atoms with van der Waals surface area (Å²) in [6, 6.07) is 76.5. The first-order valence-corrected chi connectivity index (χ1v) is 24.4. The molecule has 0 fully saturated rings. The summed E-state index contributed by atoms with van der Waals surface area (Å²) in [5.74, 6) is 0.845. The predicted octanol–water partition coefficient (Wildman–Crippen LogP) is 16.4. The van der Waals surface area contributed by atoms with E-state index in [0.717, 1.165) is 55.2 Å². The molecule has 0 amide bonds. The van der Waals surface area contributed by atoms with Crippen molar-refractivity contribution in [3.63, 3.8) is 0 Å². The van der Waals surface area contributed by atoms with E-state index in [-0.39, 0.29) is 0 Å². The summed E-state index contributed by atoms with van der Waals surface area (Å²) in [5.41, 5.74) is 13.9. The standard InChI is InChI=1S/C67H36N10/c1-71-51-26-28-52(50(34-51)41-70)48-24-29-63-54(35-48)55-36-49(53-27-23-42(39-68)33-61(53)72-2)25-30-64(55)77(63)65-56(62-38-60(46-19-11-5-12-20-46)73-66(76-62)47-21-13-6-14-22-47)31-43(40-69)32-57(65)67-74-58(44-15-7-3-8-16-44)37-59(75-67)45-17-9-4-10-18-45/h3-38H. The van der Waals surface area contributed by atoms with Crippen molar-refractivity contribution in [1.29, 1.82) is 15.8 Å². The lowest BCUT2D eigenvalue weighted by atomic mass is 9.96. The third-order valence-electron chi connectivity index (χ3n) is 13.6. The Balaban J connectivity index is 1.24. The van der Waals surface area contributed by atoms with Gasteiger partial charge in [-0.3, -0.25) is 0 Å². The van der Waals surface area contributed by atoms with Crippen molar-refractivity contribution in [2.75, 3.05) is 0 Å². The van der Waals surface area contributed by atoms with Crippen LogP contribution in [0.1, 0.15) is 16.7 Å². The molecular weight excluding hydrogens is 945 g/mol. The van der Waals surface area contributed by atoms with Gasteiger partial charge in [-0.15, -0.1) is 0 Å². The van der Waals surface area contributed by atoms with Crippen molar-refractivity contribution in [2.45, 2.75) is 0 Å². The van der Waals surface area contributed by atoms with E-state index in [1.165, 1.54) is 0 Å². The number of nitrogens with zero attached hydrogens (tertiary/aromatic N) is 10. The lowest BCUT2D eigenvalue weighted by molar-refractivity contribution is 1.13. The normalized spacial score (nSPS) is 10.8. The van der Waals surface area contributed by atoms with E-state index in [0.29, 0.717) is 90.4 Å². The van der Waals surface area contributed by atoms with Gasteiger partial charge < -0.3 is 4.57 Å². The first kappa shape index (κ1) is 46.5. The highest BCUT2D eigenvalue weighted by Crippen LogP contribution is 2.45. The molecule has 0 saturated carbocycles. The predicted molar refractivity (Wildman–Crippen MR) is 302 cm³/mol. The molecule has 12 aromatic rings. The zero-order valence-corrected chi connectivity index (χ0v) is 40.8. The minimum Gasteiger partial charge on any atom is -0.308 e. The fraction of sp³-hybridized carbons (Fsp3) is 0. The van der Waals surface area contributed by atoms with Gasteiger partial charge in [0.1, 0.15) is 0 Å². The van der Waals surface area contributed by atoms with Crippen LogP contribution in [0.4, 0.5) is 11.4 Å². The van der Waals surface area contributed by atoms with Crippen LogP contribution in [-0.4, -0.2) is 24.5 Å². The second-order valence-electron chi connectivity index (χ2n) is 18.1. The van der Waals surface area contributed by atoms with Gasteiger partial charge in [0.25, 0.3) is 0 Å². The topological polar surface area (TPSA) is 137 Å². The van der Waals surface area contributed by atoms with Crippen LogP contribution in [0.5, 0.6) is 0 Å². The molecule has 0 spiro atoms. The molecule has 3 aromatic heterocycles. The maximum atomic E-state index is 11.1. The van der Waals surface area contributed by atoms with E-state index >= 15 is 0 Å². The maximum Gasteiger partial charge on any atom is 0.196 e.